The first-order valence-electron chi connectivity index (χ1n) is 8.20. The number of aryl methyl sites for hydroxylation is 1. The third-order valence-electron chi connectivity index (χ3n) is 4.28. The van der Waals surface area contributed by atoms with E-state index in [0.29, 0.717) is 17.8 Å². The summed E-state index contributed by atoms with van der Waals surface area (Å²) in [5.74, 6) is 0. The quantitative estimate of drug-likeness (QED) is 0.729. The lowest BCUT2D eigenvalue weighted by atomic mass is 9.97. The zero-order valence-corrected chi connectivity index (χ0v) is 15.0. The highest BCUT2D eigenvalue weighted by molar-refractivity contribution is 5.83. The van der Waals surface area contributed by atoms with E-state index in [2.05, 4.69) is 26.8 Å². The SMILES string of the molecule is Cn1c(=O)n(CC(C)(C)C)c2ccc(-c3ccc(C#N)c(N)c3)cc21. The highest BCUT2D eigenvalue weighted by atomic mass is 16.1. The van der Waals surface area contributed by atoms with Crippen LogP contribution < -0.4 is 11.4 Å². The molecule has 0 bridgehead atoms. The Hall–Kier alpha value is -3.00. The first kappa shape index (κ1) is 16.8. The van der Waals surface area contributed by atoms with Crippen LogP contribution in [0.15, 0.2) is 41.2 Å². The number of benzene rings is 2. The van der Waals surface area contributed by atoms with Crippen molar-refractivity contribution >= 4 is 16.7 Å². The van der Waals surface area contributed by atoms with Gasteiger partial charge in [-0.05, 0) is 40.8 Å². The summed E-state index contributed by atoms with van der Waals surface area (Å²) in [5.41, 5.74) is 10.5. The fraction of sp³-hybridized carbons (Fsp3) is 0.300. The lowest BCUT2D eigenvalue weighted by Gasteiger charge is -2.18. The third kappa shape index (κ3) is 3.03. The average Bonchev–Trinajstić information content (AvgIpc) is 2.78. The van der Waals surface area contributed by atoms with Crippen LogP contribution in [0, 0.1) is 16.7 Å². The van der Waals surface area contributed by atoms with Gasteiger partial charge >= 0.3 is 5.69 Å². The number of nitrogens with two attached hydrogens (primary N) is 1. The van der Waals surface area contributed by atoms with Crippen LogP contribution in [-0.2, 0) is 13.6 Å². The summed E-state index contributed by atoms with van der Waals surface area (Å²) in [6.07, 6.45) is 0. The normalized spacial score (nSPS) is 11.6. The Bertz CT molecular complexity index is 1060. The van der Waals surface area contributed by atoms with E-state index in [4.69, 9.17) is 11.0 Å². The number of rotatable bonds is 2. The molecule has 0 spiro atoms. The number of aromatic nitrogens is 2. The lowest BCUT2D eigenvalue weighted by molar-refractivity contribution is 0.342. The van der Waals surface area contributed by atoms with Crippen molar-refractivity contribution in [1.29, 1.82) is 5.26 Å². The van der Waals surface area contributed by atoms with Crippen LogP contribution in [0.3, 0.4) is 0 Å². The molecular weight excluding hydrogens is 312 g/mol. The van der Waals surface area contributed by atoms with Crippen LogP contribution in [0.25, 0.3) is 22.2 Å². The minimum absolute atomic E-state index is 0.0123. The van der Waals surface area contributed by atoms with Crippen molar-refractivity contribution in [2.75, 3.05) is 5.73 Å². The predicted octanol–water partition coefficient (Wildman–Crippen LogP) is 3.51. The minimum atomic E-state index is -0.0126. The molecule has 0 saturated heterocycles. The van der Waals surface area contributed by atoms with Crippen LogP contribution in [0.4, 0.5) is 5.69 Å². The molecule has 0 aliphatic rings. The van der Waals surface area contributed by atoms with Crippen LogP contribution in [0.5, 0.6) is 0 Å². The maximum absolute atomic E-state index is 12.6. The number of anilines is 1. The van der Waals surface area contributed by atoms with E-state index in [0.717, 1.165) is 22.2 Å². The standard InChI is InChI=1S/C20H22N4O/c1-20(2,3)12-24-17-8-7-14(10-18(17)23(4)19(24)25)13-5-6-15(11-21)16(22)9-13/h5-10H,12,22H2,1-4H3. The maximum atomic E-state index is 12.6. The second-order valence-corrected chi connectivity index (χ2v) is 7.61. The number of hydrogen-bond donors (Lipinski definition) is 1. The van der Waals surface area contributed by atoms with E-state index in [1.165, 1.54) is 0 Å². The Morgan fingerprint density at radius 1 is 1.08 bits per heavy atom. The smallest absolute Gasteiger partial charge is 0.328 e. The minimum Gasteiger partial charge on any atom is -0.398 e. The molecule has 0 saturated carbocycles. The predicted molar refractivity (Wildman–Crippen MR) is 101 cm³/mol. The summed E-state index contributed by atoms with van der Waals surface area (Å²) < 4.78 is 3.50. The molecule has 128 valence electrons. The highest BCUT2D eigenvalue weighted by Crippen LogP contribution is 2.28. The van der Waals surface area contributed by atoms with Gasteiger partial charge in [-0.15, -0.1) is 0 Å². The van der Waals surface area contributed by atoms with E-state index in [9.17, 15) is 4.79 Å². The van der Waals surface area contributed by atoms with Gasteiger partial charge in [-0.25, -0.2) is 4.79 Å². The lowest BCUT2D eigenvalue weighted by Crippen LogP contribution is -2.27. The van der Waals surface area contributed by atoms with E-state index < -0.39 is 0 Å². The molecule has 1 aromatic heterocycles. The van der Waals surface area contributed by atoms with E-state index in [1.807, 2.05) is 28.8 Å². The molecule has 0 fully saturated rings. The van der Waals surface area contributed by atoms with Gasteiger partial charge in [-0.3, -0.25) is 9.13 Å². The van der Waals surface area contributed by atoms with E-state index in [-0.39, 0.29) is 11.1 Å². The molecule has 0 aliphatic heterocycles. The number of imidazole rings is 1. The molecule has 25 heavy (non-hydrogen) atoms. The van der Waals surface area contributed by atoms with Crippen molar-refractivity contribution in [3.63, 3.8) is 0 Å². The van der Waals surface area contributed by atoms with Crippen molar-refractivity contribution in [2.45, 2.75) is 27.3 Å². The summed E-state index contributed by atoms with van der Waals surface area (Å²) in [6, 6.07) is 13.4. The Labute approximate surface area is 146 Å². The van der Waals surface area contributed by atoms with Crippen molar-refractivity contribution in [2.24, 2.45) is 12.5 Å². The molecule has 2 aromatic carbocycles. The zero-order chi connectivity index (χ0) is 18.4. The van der Waals surface area contributed by atoms with Gasteiger partial charge in [-0.2, -0.15) is 5.26 Å². The fourth-order valence-corrected chi connectivity index (χ4v) is 3.06. The molecule has 0 atom stereocenters. The fourth-order valence-electron chi connectivity index (χ4n) is 3.06. The van der Waals surface area contributed by atoms with Crippen LogP contribution in [0.1, 0.15) is 26.3 Å². The Balaban J connectivity index is 2.16. The second-order valence-electron chi connectivity index (χ2n) is 7.61. The molecule has 5 nitrogen and oxygen atoms in total. The van der Waals surface area contributed by atoms with Crippen LogP contribution in [-0.4, -0.2) is 9.13 Å². The van der Waals surface area contributed by atoms with Gasteiger partial charge in [0.25, 0.3) is 0 Å². The molecule has 0 radical (unpaired) electrons. The molecule has 1 heterocycles. The van der Waals surface area contributed by atoms with Gasteiger partial charge in [-0.1, -0.05) is 32.9 Å². The van der Waals surface area contributed by atoms with Crippen molar-refractivity contribution in [1.82, 2.24) is 9.13 Å². The monoisotopic (exact) mass is 334 g/mol. The summed E-state index contributed by atoms with van der Waals surface area (Å²) >= 11 is 0. The second kappa shape index (κ2) is 5.82. The maximum Gasteiger partial charge on any atom is 0.328 e. The van der Waals surface area contributed by atoms with Crippen molar-refractivity contribution in [3.05, 3.63) is 52.4 Å². The number of fused-ring (bicyclic) bond motifs is 1. The number of hydrogen-bond acceptors (Lipinski definition) is 3. The van der Waals surface area contributed by atoms with E-state index in [1.54, 1.807) is 23.7 Å². The summed E-state index contributed by atoms with van der Waals surface area (Å²) in [5, 5.41) is 9.01. The Morgan fingerprint density at radius 3 is 2.32 bits per heavy atom. The number of nitriles is 1. The molecule has 2 N–H and O–H groups in total. The number of nitrogens with zero attached hydrogens (tertiary/aromatic N) is 3. The topological polar surface area (TPSA) is 76.7 Å². The van der Waals surface area contributed by atoms with Crippen molar-refractivity contribution in [3.8, 4) is 17.2 Å². The van der Waals surface area contributed by atoms with E-state index >= 15 is 0 Å². The molecule has 3 rings (SSSR count). The number of nitrogen functional groups attached to an aromatic ring is 1. The average molecular weight is 334 g/mol. The van der Waals surface area contributed by atoms with Gasteiger partial charge in [0.2, 0.25) is 0 Å². The summed E-state index contributed by atoms with van der Waals surface area (Å²) in [4.78, 5) is 12.6. The molecule has 3 aromatic rings. The first-order valence-corrected chi connectivity index (χ1v) is 8.20. The molecule has 0 unspecified atom stereocenters. The van der Waals surface area contributed by atoms with Gasteiger partial charge in [0.15, 0.2) is 0 Å². The molecule has 5 heteroatoms. The van der Waals surface area contributed by atoms with Gasteiger partial charge in [0.1, 0.15) is 6.07 Å². The summed E-state index contributed by atoms with van der Waals surface area (Å²) in [7, 11) is 1.79. The molecular formula is C20H22N4O. The summed E-state index contributed by atoms with van der Waals surface area (Å²) in [6.45, 7) is 7.01. The van der Waals surface area contributed by atoms with Gasteiger partial charge < -0.3 is 5.73 Å². The zero-order valence-electron chi connectivity index (χ0n) is 15.0. The molecule has 0 aliphatic carbocycles. The van der Waals surface area contributed by atoms with Crippen LogP contribution in [0.2, 0.25) is 0 Å². The first-order chi connectivity index (χ1) is 11.7. The molecule has 0 amide bonds. The van der Waals surface area contributed by atoms with Crippen LogP contribution >= 0.6 is 0 Å². The largest absolute Gasteiger partial charge is 0.398 e. The van der Waals surface area contributed by atoms with Gasteiger partial charge in [0, 0.05) is 13.6 Å². The Morgan fingerprint density at radius 2 is 1.72 bits per heavy atom. The highest BCUT2D eigenvalue weighted by Gasteiger charge is 2.18. The third-order valence-corrected chi connectivity index (χ3v) is 4.28. The Kier molecular flexibility index (Phi) is 3.92. The van der Waals surface area contributed by atoms with Crippen molar-refractivity contribution < 1.29 is 0 Å². The van der Waals surface area contributed by atoms with Gasteiger partial charge in [0.05, 0.1) is 22.3 Å².